The Morgan fingerprint density at radius 2 is 2.10 bits per heavy atom. The molecule has 20 heavy (non-hydrogen) atoms. The maximum absolute atomic E-state index is 11.6. The van der Waals surface area contributed by atoms with Gasteiger partial charge in [0, 0.05) is 6.07 Å². The monoisotopic (exact) mass is 266 g/mol. The van der Waals surface area contributed by atoms with Crippen molar-refractivity contribution in [3.8, 4) is 5.82 Å². The zero-order valence-corrected chi connectivity index (χ0v) is 10.6. The van der Waals surface area contributed by atoms with Crippen molar-refractivity contribution in [1.82, 2.24) is 29.1 Å². The van der Waals surface area contributed by atoms with Crippen LogP contribution in [-0.2, 0) is 0 Å². The van der Waals surface area contributed by atoms with Crippen molar-refractivity contribution >= 4 is 16.7 Å². The number of aromatic nitrogens is 6. The quantitative estimate of drug-likeness (QED) is 0.558. The van der Waals surface area contributed by atoms with Crippen molar-refractivity contribution in [2.24, 2.45) is 0 Å². The Morgan fingerprint density at radius 1 is 1.25 bits per heavy atom. The van der Waals surface area contributed by atoms with Gasteiger partial charge in [0.2, 0.25) is 0 Å². The maximum Gasteiger partial charge on any atom is 0.349 e. The number of aryl methyl sites for hydroxylation is 1. The van der Waals surface area contributed by atoms with E-state index in [0.29, 0.717) is 17.3 Å². The summed E-state index contributed by atoms with van der Waals surface area (Å²) in [6.45, 7) is 1.77. The number of rotatable bonds is 1. The highest BCUT2D eigenvalue weighted by Gasteiger charge is 2.10. The van der Waals surface area contributed by atoms with E-state index in [0.717, 1.165) is 11.0 Å². The Bertz CT molecular complexity index is 993. The molecule has 4 rings (SSSR count). The van der Waals surface area contributed by atoms with Gasteiger partial charge in [0.15, 0.2) is 5.65 Å². The van der Waals surface area contributed by atoms with E-state index in [1.807, 2.05) is 28.8 Å². The summed E-state index contributed by atoms with van der Waals surface area (Å²) in [6.07, 6.45) is 1.72. The van der Waals surface area contributed by atoms with Gasteiger partial charge in [-0.25, -0.2) is 24.3 Å². The van der Waals surface area contributed by atoms with Crippen molar-refractivity contribution in [3.63, 3.8) is 0 Å². The van der Waals surface area contributed by atoms with Crippen LogP contribution in [0.1, 0.15) is 5.82 Å². The molecule has 0 aliphatic carbocycles. The summed E-state index contributed by atoms with van der Waals surface area (Å²) in [6, 6.07) is 9.55. The molecule has 3 aromatic heterocycles. The molecule has 1 N–H and O–H groups in total. The van der Waals surface area contributed by atoms with Gasteiger partial charge in [-0.2, -0.15) is 5.10 Å². The second kappa shape index (κ2) is 3.77. The van der Waals surface area contributed by atoms with Crippen LogP contribution in [0.3, 0.4) is 0 Å². The van der Waals surface area contributed by atoms with E-state index in [9.17, 15) is 4.79 Å². The molecule has 7 nitrogen and oxygen atoms in total. The topological polar surface area (TPSA) is 80.9 Å². The molecule has 98 valence electrons. The molecule has 0 bridgehead atoms. The van der Waals surface area contributed by atoms with E-state index >= 15 is 0 Å². The fourth-order valence-electron chi connectivity index (χ4n) is 2.35. The van der Waals surface area contributed by atoms with Gasteiger partial charge in [0.25, 0.3) is 0 Å². The minimum absolute atomic E-state index is 0.285. The molecule has 7 heteroatoms. The smallest absolute Gasteiger partial charge is 0.283 e. The average molecular weight is 266 g/mol. The summed E-state index contributed by atoms with van der Waals surface area (Å²) in [5.41, 5.74) is 2.11. The lowest BCUT2D eigenvalue weighted by Gasteiger charge is -2.05. The van der Waals surface area contributed by atoms with Crippen LogP contribution in [0.5, 0.6) is 0 Å². The van der Waals surface area contributed by atoms with Crippen molar-refractivity contribution in [2.45, 2.75) is 6.92 Å². The van der Waals surface area contributed by atoms with Crippen molar-refractivity contribution < 1.29 is 0 Å². The Labute approximate surface area is 112 Å². The van der Waals surface area contributed by atoms with Gasteiger partial charge in [0.05, 0.1) is 11.0 Å². The highest BCUT2D eigenvalue weighted by molar-refractivity contribution is 5.77. The Kier molecular flexibility index (Phi) is 2.06. The SMILES string of the molecule is Cc1nc(-n2cnc3ccccc32)cc2n[nH]c(=O)n12. The fraction of sp³-hybridized carbons (Fsp3) is 0.0769. The third kappa shape index (κ3) is 1.40. The lowest BCUT2D eigenvalue weighted by atomic mass is 10.3. The first-order chi connectivity index (χ1) is 9.74. The third-order valence-electron chi connectivity index (χ3n) is 3.26. The van der Waals surface area contributed by atoms with Crippen molar-refractivity contribution in [2.75, 3.05) is 0 Å². The molecular weight excluding hydrogens is 256 g/mol. The van der Waals surface area contributed by atoms with E-state index in [1.165, 1.54) is 4.40 Å². The second-order valence-corrected chi connectivity index (χ2v) is 4.49. The normalized spacial score (nSPS) is 11.4. The van der Waals surface area contributed by atoms with Gasteiger partial charge < -0.3 is 0 Å². The molecule has 0 fully saturated rings. The lowest BCUT2D eigenvalue weighted by Crippen LogP contribution is -2.14. The zero-order valence-electron chi connectivity index (χ0n) is 10.6. The van der Waals surface area contributed by atoms with Crippen LogP contribution in [0.4, 0.5) is 0 Å². The van der Waals surface area contributed by atoms with Crippen LogP contribution >= 0.6 is 0 Å². The number of aromatic amines is 1. The van der Waals surface area contributed by atoms with Crippen LogP contribution in [0.15, 0.2) is 41.5 Å². The van der Waals surface area contributed by atoms with Crippen molar-refractivity contribution in [1.29, 1.82) is 0 Å². The van der Waals surface area contributed by atoms with E-state index < -0.39 is 0 Å². The average Bonchev–Trinajstić information content (AvgIpc) is 3.03. The summed E-state index contributed by atoms with van der Waals surface area (Å²) < 4.78 is 3.31. The van der Waals surface area contributed by atoms with Crippen LogP contribution < -0.4 is 5.69 Å². The number of H-pyrrole nitrogens is 1. The Hall–Kier alpha value is -2.96. The molecule has 3 heterocycles. The van der Waals surface area contributed by atoms with Crippen LogP contribution in [0.2, 0.25) is 0 Å². The molecule has 0 aliphatic heterocycles. The summed E-state index contributed by atoms with van der Waals surface area (Å²) in [7, 11) is 0. The highest BCUT2D eigenvalue weighted by atomic mass is 16.1. The number of para-hydroxylation sites is 2. The molecule has 1 aromatic carbocycles. The van der Waals surface area contributed by atoms with Crippen molar-refractivity contribution in [3.05, 3.63) is 53.0 Å². The minimum atomic E-state index is -0.285. The summed E-state index contributed by atoms with van der Waals surface area (Å²) in [5.74, 6) is 1.26. The van der Waals surface area contributed by atoms with E-state index in [2.05, 4.69) is 20.2 Å². The number of hydrogen-bond donors (Lipinski definition) is 1. The molecule has 0 amide bonds. The van der Waals surface area contributed by atoms with E-state index in [-0.39, 0.29) is 5.69 Å². The highest BCUT2D eigenvalue weighted by Crippen LogP contribution is 2.17. The summed E-state index contributed by atoms with van der Waals surface area (Å²) >= 11 is 0. The van der Waals surface area contributed by atoms with Gasteiger partial charge >= 0.3 is 5.69 Å². The predicted octanol–water partition coefficient (Wildman–Crippen LogP) is 1.06. The number of nitrogens with one attached hydrogen (secondary N) is 1. The van der Waals surface area contributed by atoms with Gasteiger partial charge in [-0.15, -0.1) is 0 Å². The lowest BCUT2D eigenvalue weighted by molar-refractivity contribution is 0.901. The number of nitrogens with zero attached hydrogens (tertiary/aromatic N) is 5. The second-order valence-electron chi connectivity index (χ2n) is 4.49. The van der Waals surface area contributed by atoms with E-state index in [1.54, 1.807) is 19.3 Å². The first-order valence-electron chi connectivity index (χ1n) is 6.11. The molecule has 0 unspecified atom stereocenters. The van der Waals surface area contributed by atoms with E-state index in [4.69, 9.17) is 0 Å². The maximum atomic E-state index is 11.6. The number of benzene rings is 1. The molecule has 0 spiro atoms. The van der Waals surface area contributed by atoms with Gasteiger partial charge in [-0.3, -0.25) is 4.57 Å². The minimum Gasteiger partial charge on any atom is -0.283 e. The third-order valence-corrected chi connectivity index (χ3v) is 3.26. The molecule has 0 atom stereocenters. The fourth-order valence-corrected chi connectivity index (χ4v) is 2.35. The number of imidazole rings is 1. The van der Waals surface area contributed by atoms with Gasteiger partial charge in [0.1, 0.15) is 18.0 Å². The molecule has 0 aliphatic rings. The molecule has 0 saturated heterocycles. The Morgan fingerprint density at radius 3 is 3.00 bits per heavy atom. The summed E-state index contributed by atoms with van der Waals surface area (Å²) in [4.78, 5) is 20.4. The van der Waals surface area contributed by atoms with Crippen LogP contribution in [0, 0.1) is 6.92 Å². The number of hydrogen-bond acceptors (Lipinski definition) is 4. The molecular formula is C13H10N6O. The Balaban J connectivity index is 2.05. The summed E-state index contributed by atoms with van der Waals surface area (Å²) in [5, 5.41) is 6.40. The van der Waals surface area contributed by atoms with Gasteiger partial charge in [-0.05, 0) is 19.1 Å². The predicted molar refractivity (Wildman–Crippen MR) is 73.0 cm³/mol. The van der Waals surface area contributed by atoms with Gasteiger partial charge in [-0.1, -0.05) is 12.1 Å². The van der Waals surface area contributed by atoms with Crippen LogP contribution in [0.25, 0.3) is 22.5 Å². The zero-order chi connectivity index (χ0) is 13.7. The standard InChI is InChI=1S/C13H10N6O/c1-8-15-11(6-12-16-17-13(20)19(8)12)18-7-14-9-4-2-3-5-10(9)18/h2-7H,1H3,(H,17,20). The molecule has 0 saturated carbocycles. The molecule has 0 radical (unpaired) electrons. The first kappa shape index (κ1) is 10.9. The first-order valence-corrected chi connectivity index (χ1v) is 6.11. The number of fused-ring (bicyclic) bond motifs is 2. The molecule has 4 aromatic rings. The largest absolute Gasteiger partial charge is 0.349 e. The van der Waals surface area contributed by atoms with Crippen LogP contribution in [-0.4, -0.2) is 29.1 Å².